The molecule has 144 valence electrons. The molecule has 0 heterocycles. The van der Waals surface area contributed by atoms with E-state index in [9.17, 15) is 9.59 Å². The second kappa shape index (κ2) is 9.21. The van der Waals surface area contributed by atoms with Crippen LogP contribution < -0.4 is 10.6 Å². The molecule has 2 aromatic carbocycles. The summed E-state index contributed by atoms with van der Waals surface area (Å²) in [6.07, 6.45) is 1.04. The molecule has 0 fully saturated rings. The molecule has 0 radical (unpaired) electrons. The number of anilines is 1. The number of rotatable bonds is 6. The molecule has 0 spiro atoms. The van der Waals surface area contributed by atoms with Crippen LogP contribution in [0.4, 0.5) is 10.5 Å². The molecule has 3 amide bonds. The van der Waals surface area contributed by atoms with Gasteiger partial charge in [-0.3, -0.25) is 4.79 Å². The van der Waals surface area contributed by atoms with E-state index in [-0.39, 0.29) is 24.4 Å². The molecule has 1 atom stereocenters. The smallest absolute Gasteiger partial charge is 0.319 e. The third-order valence-corrected chi connectivity index (χ3v) is 4.75. The van der Waals surface area contributed by atoms with Crippen molar-refractivity contribution in [3.8, 4) is 0 Å². The first-order chi connectivity index (χ1) is 12.8. The van der Waals surface area contributed by atoms with Crippen molar-refractivity contribution in [1.82, 2.24) is 10.2 Å². The summed E-state index contributed by atoms with van der Waals surface area (Å²) >= 11 is 0. The maximum Gasteiger partial charge on any atom is 0.319 e. The highest BCUT2D eigenvalue weighted by Gasteiger charge is 2.15. The Kier molecular flexibility index (Phi) is 6.99. The Balaban J connectivity index is 2.10. The summed E-state index contributed by atoms with van der Waals surface area (Å²) in [5.41, 5.74) is 4.98. The van der Waals surface area contributed by atoms with E-state index in [0.29, 0.717) is 5.69 Å². The van der Waals surface area contributed by atoms with Gasteiger partial charge in [0, 0.05) is 19.8 Å². The largest absolute Gasteiger partial charge is 0.349 e. The van der Waals surface area contributed by atoms with Crippen LogP contribution in [0.5, 0.6) is 0 Å². The number of likely N-dealkylation sites (N-methyl/N-ethyl adjacent to an activating group) is 1. The zero-order valence-corrected chi connectivity index (χ0v) is 16.8. The van der Waals surface area contributed by atoms with Gasteiger partial charge in [0.2, 0.25) is 5.91 Å². The molecule has 1 unspecified atom stereocenters. The molecular formula is C22H29N3O2. The van der Waals surface area contributed by atoms with E-state index in [4.69, 9.17) is 0 Å². The molecule has 2 rings (SSSR count). The summed E-state index contributed by atoms with van der Waals surface area (Å²) in [6.45, 7) is 6.19. The lowest BCUT2D eigenvalue weighted by atomic mass is 9.99. The van der Waals surface area contributed by atoms with Crippen molar-refractivity contribution in [2.75, 3.05) is 19.4 Å². The molecule has 0 aliphatic rings. The summed E-state index contributed by atoms with van der Waals surface area (Å²) in [7, 11) is 3.45. The molecule has 0 aliphatic heterocycles. The fourth-order valence-electron chi connectivity index (χ4n) is 2.84. The first-order valence-electron chi connectivity index (χ1n) is 9.24. The van der Waals surface area contributed by atoms with Crippen molar-refractivity contribution in [1.29, 1.82) is 0 Å². The first-order valence-corrected chi connectivity index (χ1v) is 9.24. The number of aryl methyl sites for hydroxylation is 2. The molecule has 5 heteroatoms. The number of hydrogen-bond acceptors (Lipinski definition) is 2. The summed E-state index contributed by atoms with van der Waals surface area (Å²) in [5.74, 6) is -0.00813. The van der Waals surface area contributed by atoms with E-state index in [1.807, 2.05) is 31.2 Å². The van der Waals surface area contributed by atoms with Crippen LogP contribution in [-0.4, -0.2) is 30.9 Å². The average Bonchev–Trinajstić information content (AvgIpc) is 2.63. The van der Waals surface area contributed by atoms with Gasteiger partial charge in [0.1, 0.15) is 0 Å². The molecule has 5 nitrogen and oxygen atoms in total. The molecule has 0 saturated heterocycles. The van der Waals surface area contributed by atoms with Crippen molar-refractivity contribution in [2.24, 2.45) is 0 Å². The number of benzene rings is 2. The molecule has 0 bridgehead atoms. The molecule has 0 saturated carbocycles. The Bertz CT molecular complexity index is 815. The van der Waals surface area contributed by atoms with Gasteiger partial charge in [0.05, 0.1) is 12.5 Å². The second-order valence-electron chi connectivity index (χ2n) is 7.03. The Hall–Kier alpha value is -2.82. The van der Waals surface area contributed by atoms with Gasteiger partial charge in [-0.1, -0.05) is 43.3 Å². The van der Waals surface area contributed by atoms with Crippen LogP contribution in [0, 0.1) is 13.8 Å². The van der Waals surface area contributed by atoms with Crippen LogP contribution in [0.25, 0.3) is 0 Å². The van der Waals surface area contributed by atoms with Crippen LogP contribution in [0.15, 0.2) is 42.5 Å². The number of nitrogens with one attached hydrogen (secondary N) is 2. The van der Waals surface area contributed by atoms with E-state index < -0.39 is 0 Å². The van der Waals surface area contributed by atoms with E-state index in [0.717, 1.165) is 17.5 Å². The Morgan fingerprint density at radius 2 is 1.74 bits per heavy atom. The minimum absolute atomic E-state index is 0.00813. The number of amides is 3. The fourth-order valence-corrected chi connectivity index (χ4v) is 2.84. The van der Waals surface area contributed by atoms with Gasteiger partial charge in [-0.2, -0.15) is 0 Å². The lowest BCUT2D eigenvalue weighted by Gasteiger charge is -2.20. The van der Waals surface area contributed by atoms with Crippen molar-refractivity contribution in [3.05, 3.63) is 64.7 Å². The first kappa shape index (κ1) is 20.5. The Morgan fingerprint density at radius 1 is 1.04 bits per heavy atom. The van der Waals surface area contributed by atoms with E-state index in [2.05, 4.69) is 42.7 Å². The van der Waals surface area contributed by atoms with Gasteiger partial charge in [-0.25, -0.2) is 4.79 Å². The summed E-state index contributed by atoms with van der Waals surface area (Å²) in [6, 6.07) is 13.3. The predicted octanol–water partition coefficient (Wildman–Crippen LogP) is 4.21. The summed E-state index contributed by atoms with van der Waals surface area (Å²) < 4.78 is 0. The van der Waals surface area contributed by atoms with Crippen LogP contribution in [0.1, 0.15) is 41.6 Å². The maximum absolute atomic E-state index is 12.6. The van der Waals surface area contributed by atoms with Gasteiger partial charge < -0.3 is 15.5 Å². The summed E-state index contributed by atoms with van der Waals surface area (Å²) in [4.78, 5) is 26.1. The van der Waals surface area contributed by atoms with Gasteiger partial charge >= 0.3 is 6.03 Å². The van der Waals surface area contributed by atoms with Crippen LogP contribution in [0.3, 0.4) is 0 Å². The van der Waals surface area contributed by atoms with Crippen molar-refractivity contribution in [2.45, 2.75) is 39.7 Å². The lowest BCUT2D eigenvalue weighted by molar-refractivity contribution is -0.127. The fraction of sp³-hybridized carbons (Fsp3) is 0.364. The third-order valence-electron chi connectivity index (χ3n) is 4.75. The zero-order valence-electron chi connectivity index (χ0n) is 16.8. The highest BCUT2D eigenvalue weighted by molar-refractivity contribution is 5.91. The zero-order chi connectivity index (χ0) is 20.0. The van der Waals surface area contributed by atoms with E-state index in [1.54, 1.807) is 19.0 Å². The standard InChI is InChI=1S/C22H29N3O2/c1-6-19(18-12-11-15(2)16(3)13-18)23-22(27)24-20-10-8-7-9-17(20)14-21(26)25(4)5/h7-13,19H,6,14H2,1-5H3,(H2,23,24,27). The van der Waals surface area contributed by atoms with Crippen molar-refractivity contribution in [3.63, 3.8) is 0 Å². The Morgan fingerprint density at radius 3 is 2.37 bits per heavy atom. The normalized spacial score (nSPS) is 11.6. The lowest BCUT2D eigenvalue weighted by Crippen LogP contribution is -2.33. The van der Waals surface area contributed by atoms with Gasteiger partial charge in [-0.05, 0) is 48.6 Å². The van der Waals surface area contributed by atoms with Gasteiger partial charge in [0.15, 0.2) is 0 Å². The van der Waals surface area contributed by atoms with Crippen molar-refractivity contribution >= 4 is 17.6 Å². The molecule has 0 aliphatic carbocycles. The van der Waals surface area contributed by atoms with Crippen LogP contribution in [0.2, 0.25) is 0 Å². The number of nitrogens with zero attached hydrogens (tertiary/aromatic N) is 1. The molecule has 2 aromatic rings. The number of carbonyl (C=O) groups is 2. The minimum Gasteiger partial charge on any atom is -0.349 e. The number of para-hydroxylation sites is 1. The monoisotopic (exact) mass is 367 g/mol. The van der Waals surface area contributed by atoms with E-state index >= 15 is 0 Å². The number of urea groups is 1. The van der Waals surface area contributed by atoms with E-state index in [1.165, 1.54) is 11.1 Å². The highest BCUT2D eigenvalue weighted by Crippen LogP contribution is 2.21. The maximum atomic E-state index is 12.6. The predicted molar refractivity (Wildman–Crippen MR) is 110 cm³/mol. The number of carbonyl (C=O) groups excluding carboxylic acids is 2. The minimum atomic E-state index is -0.273. The quantitative estimate of drug-likeness (QED) is 0.803. The van der Waals surface area contributed by atoms with Crippen LogP contribution >= 0.6 is 0 Å². The third kappa shape index (κ3) is 5.58. The average molecular weight is 367 g/mol. The molecule has 0 aromatic heterocycles. The summed E-state index contributed by atoms with van der Waals surface area (Å²) in [5, 5.41) is 5.93. The molecule has 27 heavy (non-hydrogen) atoms. The Labute approximate surface area is 161 Å². The van der Waals surface area contributed by atoms with Gasteiger partial charge in [0.25, 0.3) is 0 Å². The van der Waals surface area contributed by atoms with Gasteiger partial charge in [-0.15, -0.1) is 0 Å². The number of hydrogen-bond donors (Lipinski definition) is 2. The van der Waals surface area contributed by atoms with Crippen LogP contribution in [-0.2, 0) is 11.2 Å². The topological polar surface area (TPSA) is 61.4 Å². The van der Waals surface area contributed by atoms with Crippen molar-refractivity contribution < 1.29 is 9.59 Å². The SMILES string of the molecule is CCC(NC(=O)Nc1ccccc1CC(=O)N(C)C)c1ccc(C)c(C)c1. The highest BCUT2D eigenvalue weighted by atomic mass is 16.2. The second-order valence-corrected chi connectivity index (χ2v) is 7.03. The molecular weight excluding hydrogens is 338 g/mol. The molecule has 2 N–H and O–H groups in total.